The summed E-state index contributed by atoms with van der Waals surface area (Å²) in [4.78, 5) is 27.8. The van der Waals surface area contributed by atoms with Crippen LogP contribution in [-0.4, -0.2) is 37.2 Å². The average molecular weight is 390 g/mol. The standard InChI is InChI=1S/C16H18N6O2S2/c1-9-7-25-15(19-9)11(6-17)12(23)8-26-16-21-20-14(10-2-3-10)22(16)5-4-13(18)24/h7,10-11H,2-5,8H2,1H3,(H2,18,24)/t11-/m0/s1. The Hall–Kier alpha value is -2.25. The number of aromatic nitrogens is 4. The van der Waals surface area contributed by atoms with E-state index in [9.17, 15) is 14.9 Å². The lowest BCUT2D eigenvalue weighted by Crippen LogP contribution is -2.16. The molecule has 2 aromatic heterocycles. The second kappa shape index (κ2) is 7.97. The minimum absolute atomic E-state index is 0.0935. The largest absolute Gasteiger partial charge is 0.370 e. The molecule has 2 N–H and O–H groups in total. The number of carbonyl (C=O) groups is 2. The number of carbonyl (C=O) groups excluding carboxylic acids is 2. The van der Waals surface area contributed by atoms with Gasteiger partial charge in [0.1, 0.15) is 10.8 Å². The highest BCUT2D eigenvalue weighted by molar-refractivity contribution is 7.99. The molecule has 1 aliphatic carbocycles. The lowest BCUT2D eigenvalue weighted by Gasteiger charge is -2.09. The van der Waals surface area contributed by atoms with Gasteiger partial charge in [0.15, 0.2) is 16.9 Å². The van der Waals surface area contributed by atoms with E-state index in [1.165, 1.54) is 23.1 Å². The maximum absolute atomic E-state index is 12.5. The summed E-state index contributed by atoms with van der Waals surface area (Å²) >= 11 is 2.55. The molecule has 0 aliphatic heterocycles. The van der Waals surface area contributed by atoms with Crippen LogP contribution in [-0.2, 0) is 16.1 Å². The van der Waals surface area contributed by atoms with Crippen LogP contribution in [0.1, 0.15) is 47.6 Å². The van der Waals surface area contributed by atoms with E-state index in [1.807, 2.05) is 22.9 Å². The van der Waals surface area contributed by atoms with Gasteiger partial charge in [-0.05, 0) is 19.8 Å². The van der Waals surface area contributed by atoms with E-state index in [1.54, 1.807) is 0 Å². The highest BCUT2D eigenvalue weighted by Gasteiger charge is 2.31. The van der Waals surface area contributed by atoms with Gasteiger partial charge in [-0.25, -0.2) is 4.98 Å². The van der Waals surface area contributed by atoms with Gasteiger partial charge in [0.05, 0.1) is 11.8 Å². The second-order valence-corrected chi connectivity index (χ2v) is 7.96. The molecule has 0 spiro atoms. The van der Waals surface area contributed by atoms with Gasteiger partial charge in [-0.1, -0.05) is 11.8 Å². The molecule has 26 heavy (non-hydrogen) atoms. The average Bonchev–Trinajstić information content (AvgIpc) is 3.23. The van der Waals surface area contributed by atoms with Crippen LogP contribution in [0.2, 0.25) is 0 Å². The monoisotopic (exact) mass is 390 g/mol. The van der Waals surface area contributed by atoms with Crippen LogP contribution in [0.15, 0.2) is 10.5 Å². The number of primary amides is 1. The zero-order valence-corrected chi connectivity index (χ0v) is 15.8. The van der Waals surface area contributed by atoms with Crippen molar-refractivity contribution in [1.82, 2.24) is 19.7 Å². The molecule has 8 nitrogen and oxygen atoms in total. The molecule has 1 saturated carbocycles. The Balaban J connectivity index is 1.69. The van der Waals surface area contributed by atoms with E-state index in [-0.39, 0.29) is 18.0 Å². The summed E-state index contributed by atoms with van der Waals surface area (Å²) in [6, 6.07) is 2.04. The van der Waals surface area contributed by atoms with Crippen LogP contribution < -0.4 is 5.73 Å². The summed E-state index contributed by atoms with van der Waals surface area (Å²) in [5.41, 5.74) is 6.05. The third kappa shape index (κ3) is 4.28. The van der Waals surface area contributed by atoms with Gasteiger partial charge in [0, 0.05) is 30.0 Å². The molecule has 1 atom stereocenters. The number of amides is 1. The second-order valence-electron chi connectivity index (χ2n) is 6.13. The first kappa shape index (κ1) is 18.5. The summed E-state index contributed by atoms with van der Waals surface area (Å²) in [5.74, 6) is -0.179. The highest BCUT2D eigenvalue weighted by atomic mass is 32.2. The number of thioether (sulfide) groups is 1. The van der Waals surface area contributed by atoms with Crippen molar-refractivity contribution in [2.45, 2.75) is 49.7 Å². The number of aryl methyl sites for hydroxylation is 1. The fourth-order valence-electron chi connectivity index (χ4n) is 2.47. The van der Waals surface area contributed by atoms with E-state index >= 15 is 0 Å². The predicted molar refractivity (Wildman–Crippen MR) is 96.7 cm³/mol. The highest BCUT2D eigenvalue weighted by Crippen LogP contribution is 2.40. The van der Waals surface area contributed by atoms with Gasteiger partial charge in [0.25, 0.3) is 0 Å². The molecule has 0 unspecified atom stereocenters. The number of nitrogens with zero attached hydrogens (tertiary/aromatic N) is 5. The van der Waals surface area contributed by atoms with Crippen molar-refractivity contribution in [3.8, 4) is 6.07 Å². The zero-order valence-electron chi connectivity index (χ0n) is 14.2. The molecule has 0 radical (unpaired) electrons. The molecular weight excluding hydrogens is 372 g/mol. The van der Waals surface area contributed by atoms with Gasteiger partial charge in [-0.3, -0.25) is 9.59 Å². The summed E-state index contributed by atoms with van der Waals surface area (Å²) < 4.78 is 1.87. The molecule has 136 valence electrons. The lowest BCUT2D eigenvalue weighted by molar-refractivity contribution is -0.118. The Morgan fingerprint density at radius 1 is 1.50 bits per heavy atom. The molecule has 3 rings (SSSR count). The molecule has 1 amide bonds. The van der Waals surface area contributed by atoms with Gasteiger partial charge in [-0.2, -0.15) is 5.26 Å². The summed E-state index contributed by atoms with van der Waals surface area (Å²) in [5, 5.41) is 20.6. The van der Waals surface area contributed by atoms with Crippen molar-refractivity contribution >= 4 is 34.8 Å². The number of nitriles is 1. The molecule has 1 fully saturated rings. The summed E-state index contributed by atoms with van der Waals surface area (Å²) in [7, 11) is 0. The number of thiazole rings is 1. The van der Waals surface area contributed by atoms with E-state index in [0.29, 0.717) is 22.6 Å². The van der Waals surface area contributed by atoms with E-state index in [4.69, 9.17) is 5.73 Å². The Morgan fingerprint density at radius 2 is 2.27 bits per heavy atom. The fourth-order valence-corrected chi connectivity index (χ4v) is 4.21. The Kier molecular flexibility index (Phi) is 5.68. The lowest BCUT2D eigenvalue weighted by atomic mass is 10.1. The van der Waals surface area contributed by atoms with Crippen LogP contribution in [0.4, 0.5) is 0 Å². The summed E-state index contributed by atoms with van der Waals surface area (Å²) in [6.07, 6.45) is 2.30. The minimum Gasteiger partial charge on any atom is -0.370 e. The Labute approximate surface area is 158 Å². The minimum atomic E-state index is -0.869. The smallest absolute Gasteiger partial charge is 0.219 e. The molecule has 0 saturated heterocycles. The number of nitrogens with two attached hydrogens (primary N) is 1. The van der Waals surface area contributed by atoms with Crippen molar-refractivity contribution in [3.05, 3.63) is 21.9 Å². The fraction of sp³-hybridized carbons (Fsp3) is 0.500. The molecule has 0 bridgehead atoms. The van der Waals surface area contributed by atoms with Crippen molar-refractivity contribution < 1.29 is 9.59 Å². The SMILES string of the molecule is Cc1csc([C@@H](C#N)C(=O)CSc2nnc(C3CC3)n2CCC(N)=O)n1. The van der Waals surface area contributed by atoms with Crippen molar-refractivity contribution in [3.63, 3.8) is 0 Å². The first-order valence-corrected chi connectivity index (χ1v) is 10.0. The van der Waals surface area contributed by atoms with Gasteiger partial charge in [0.2, 0.25) is 5.91 Å². The van der Waals surface area contributed by atoms with Crippen LogP contribution in [0.5, 0.6) is 0 Å². The van der Waals surface area contributed by atoms with Crippen LogP contribution in [0.25, 0.3) is 0 Å². The molecular formula is C16H18N6O2S2. The quantitative estimate of drug-likeness (QED) is 0.646. The van der Waals surface area contributed by atoms with Gasteiger partial charge in [-0.15, -0.1) is 21.5 Å². The maximum Gasteiger partial charge on any atom is 0.219 e. The van der Waals surface area contributed by atoms with Gasteiger partial charge < -0.3 is 10.3 Å². The van der Waals surface area contributed by atoms with Gasteiger partial charge >= 0.3 is 0 Å². The molecule has 1 aliphatic rings. The first-order valence-electron chi connectivity index (χ1n) is 8.18. The van der Waals surface area contributed by atoms with Crippen LogP contribution in [0.3, 0.4) is 0 Å². The first-order chi connectivity index (χ1) is 12.5. The molecule has 10 heteroatoms. The van der Waals surface area contributed by atoms with Crippen molar-refractivity contribution in [2.24, 2.45) is 5.73 Å². The Bertz CT molecular complexity index is 864. The topological polar surface area (TPSA) is 128 Å². The number of Topliss-reactive ketones (excluding diaryl/α,β-unsaturated/α-hetero) is 1. The van der Waals surface area contributed by atoms with Crippen LogP contribution >= 0.6 is 23.1 Å². The van der Waals surface area contributed by atoms with E-state index < -0.39 is 11.8 Å². The number of ketones is 1. The Morgan fingerprint density at radius 3 is 2.85 bits per heavy atom. The molecule has 0 aromatic carbocycles. The third-order valence-electron chi connectivity index (χ3n) is 3.95. The normalized spacial score (nSPS) is 14.8. The van der Waals surface area contributed by atoms with Crippen molar-refractivity contribution in [1.29, 1.82) is 5.26 Å². The predicted octanol–water partition coefficient (Wildman–Crippen LogP) is 1.76. The summed E-state index contributed by atoms with van der Waals surface area (Å²) in [6.45, 7) is 2.23. The van der Waals surface area contributed by atoms with Crippen LogP contribution in [0, 0.1) is 18.3 Å². The number of hydrogen-bond donors (Lipinski definition) is 1. The molecule has 2 aromatic rings. The maximum atomic E-state index is 12.5. The third-order valence-corrected chi connectivity index (χ3v) is 5.96. The zero-order chi connectivity index (χ0) is 18.7. The number of hydrogen-bond acceptors (Lipinski definition) is 8. The number of rotatable bonds is 9. The van der Waals surface area contributed by atoms with E-state index in [2.05, 4.69) is 15.2 Å². The molecule has 2 heterocycles. The van der Waals surface area contributed by atoms with Crippen molar-refractivity contribution in [2.75, 3.05) is 5.75 Å². The van der Waals surface area contributed by atoms with E-state index in [0.717, 1.165) is 24.4 Å².